The van der Waals surface area contributed by atoms with Gasteiger partial charge in [0, 0.05) is 16.8 Å². The molecule has 0 aliphatic heterocycles. The number of alkyl halides is 2. The fraction of sp³-hybridized carbons (Fsp3) is 0.176. The molecule has 0 spiro atoms. The van der Waals surface area contributed by atoms with Crippen LogP contribution < -0.4 is 20.5 Å². The van der Waals surface area contributed by atoms with Crippen molar-refractivity contribution < 1.29 is 27.8 Å². The van der Waals surface area contributed by atoms with Gasteiger partial charge in [-0.3, -0.25) is 9.59 Å². The van der Waals surface area contributed by atoms with Crippen LogP contribution in [0.3, 0.4) is 0 Å². The Kier molecular flexibility index (Phi) is 5.89. The summed E-state index contributed by atoms with van der Waals surface area (Å²) in [5.41, 5.74) is 6.10. The van der Waals surface area contributed by atoms with Crippen molar-refractivity contribution in [2.24, 2.45) is 5.73 Å². The first-order chi connectivity index (χ1) is 11.9. The molecule has 0 aromatic heterocycles. The van der Waals surface area contributed by atoms with Gasteiger partial charge in [-0.15, -0.1) is 0 Å². The molecule has 25 heavy (non-hydrogen) atoms. The summed E-state index contributed by atoms with van der Waals surface area (Å²) in [6.45, 7) is -1.10. The second-order valence-electron chi connectivity index (χ2n) is 4.87. The minimum atomic E-state index is -3.00. The lowest BCUT2D eigenvalue weighted by atomic mass is 10.1. The maximum atomic E-state index is 12.4. The van der Waals surface area contributed by atoms with Gasteiger partial charge in [0.15, 0.2) is 11.5 Å². The van der Waals surface area contributed by atoms with Gasteiger partial charge >= 0.3 is 6.61 Å². The van der Waals surface area contributed by atoms with Gasteiger partial charge in [0.25, 0.3) is 5.91 Å². The number of hydrogen-bond acceptors (Lipinski definition) is 4. The normalized spacial score (nSPS) is 10.4. The summed E-state index contributed by atoms with van der Waals surface area (Å²) >= 11 is 0. The lowest BCUT2D eigenvalue weighted by Gasteiger charge is -2.13. The van der Waals surface area contributed by atoms with Gasteiger partial charge in [-0.25, -0.2) is 0 Å². The summed E-state index contributed by atoms with van der Waals surface area (Å²) in [5, 5.41) is 2.62. The van der Waals surface area contributed by atoms with Crippen LogP contribution in [0.25, 0.3) is 0 Å². The number of rotatable bonds is 7. The smallest absolute Gasteiger partial charge is 0.387 e. The monoisotopic (exact) mass is 350 g/mol. The zero-order valence-corrected chi connectivity index (χ0v) is 13.3. The van der Waals surface area contributed by atoms with Crippen molar-refractivity contribution in [3.8, 4) is 11.5 Å². The Bertz CT molecular complexity index is 764. The van der Waals surface area contributed by atoms with Gasteiger partial charge in [0.2, 0.25) is 5.91 Å². The molecule has 132 valence electrons. The minimum Gasteiger partial charge on any atom is -0.490 e. The van der Waals surface area contributed by atoms with Crippen LogP contribution in [-0.2, 0) is 0 Å². The van der Waals surface area contributed by atoms with Gasteiger partial charge in [0.1, 0.15) is 0 Å². The summed E-state index contributed by atoms with van der Waals surface area (Å²) in [7, 11) is 0. The summed E-state index contributed by atoms with van der Waals surface area (Å²) in [6, 6.07) is 9.89. The van der Waals surface area contributed by atoms with Gasteiger partial charge < -0.3 is 20.5 Å². The van der Waals surface area contributed by atoms with Crippen LogP contribution in [0.15, 0.2) is 42.5 Å². The van der Waals surface area contributed by atoms with E-state index in [2.05, 4.69) is 10.1 Å². The van der Waals surface area contributed by atoms with E-state index in [-0.39, 0.29) is 23.7 Å². The first kappa shape index (κ1) is 18.2. The number of primary amides is 1. The molecule has 8 heteroatoms. The Morgan fingerprint density at radius 3 is 2.28 bits per heavy atom. The predicted octanol–water partition coefficient (Wildman–Crippen LogP) is 3.04. The number of carbonyl (C=O) groups excluding carboxylic acids is 2. The van der Waals surface area contributed by atoms with E-state index in [0.717, 1.165) is 0 Å². The quantitative estimate of drug-likeness (QED) is 0.803. The zero-order chi connectivity index (χ0) is 18.4. The van der Waals surface area contributed by atoms with Crippen LogP contribution in [0.2, 0.25) is 0 Å². The molecule has 0 fully saturated rings. The van der Waals surface area contributed by atoms with Gasteiger partial charge in [0.05, 0.1) is 6.61 Å². The number of nitrogens with two attached hydrogens (primary N) is 1. The standard InChI is InChI=1S/C17H16F2N2O4/c1-2-24-14-9-11(5-8-13(14)25-17(18)19)16(23)21-12-6-3-10(4-7-12)15(20)22/h3-9,17H,2H2,1H3,(H2,20,22)(H,21,23). The molecule has 0 aliphatic carbocycles. The highest BCUT2D eigenvalue weighted by molar-refractivity contribution is 6.05. The summed E-state index contributed by atoms with van der Waals surface area (Å²) in [5.74, 6) is -1.16. The fourth-order valence-corrected chi connectivity index (χ4v) is 2.03. The molecule has 2 amide bonds. The second-order valence-corrected chi connectivity index (χ2v) is 4.87. The van der Waals surface area contributed by atoms with Gasteiger partial charge in [-0.2, -0.15) is 8.78 Å². The van der Waals surface area contributed by atoms with Crippen molar-refractivity contribution in [2.75, 3.05) is 11.9 Å². The molecule has 6 nitrogen and oxygen atoms in total. The molecule has 0 unspecified atom stereocenters. The summed E-state index contributed by atoms with van der Waals surface area (Å²) in [6.07, 6.45) is 0. The van der Waals surface area contributed by atoms with E-state index in [9.17, 15) is 18.4 Å². The molecular weight excluding hydrogens is 334 g/mol. The number of nitrogens with one attached hydrogen (secondary N) is 1. The molecule has 2 aromatic carbocycles. The maximum absolute atomic E-state index is 12.4. The highest BCUT2D eigenvalue weighted by Crippen LogP contribution is 2.30. The molecular formula is C17H16F2N2O4. The van der Waals surface area contributed by atoms with Crippen LogP contribution in [0.1, 0.15) is 27.6 Å². The molecule has 0 saturated heterocycles. The maximum Gasteiger partial charge on any atom is 0.387 e. The van der Waals surface area contributed by atoms with E-state index in [0.29, 0.717) is 11.3 Å². The SMILES string of the molecule is CCOc1cc(C(=O)Nc2ccc(C(N)=O)cc2)ccc1OC(F)F. The molecule has 0 saturated carbocycles. The van der Waals surface area contributed by atoms with Gasteiger partial charge in [-0.1, -0.05) is 0 Å². The van der Waals surface area contributed by atoms with E-state index in [1.165, 1.54) is 42.5 Å². The Hall–Kier alpha value is -3.16. The van der Waals surface area contributed by atoms with E-state index in [4.69, 9.17) is 10.5 Å². The molecule has 0 atom stereocenters. The third-order valence-corrected chi connectivity index (χ3v) is 3.15. The lowest BCUT2D eigenvalue weighted by Crippen LogP contribution is -2.14. The highest BCUT2D eigenvalue weighted by atomic mass is 19.3. The van der Waals surface area contributed by atoms with Crippen LogP contribution in [0.4, 0.5) is 14.5 Å². The number of benzene rings is 2. The topological polar surface area (TPSA) is 90.6 Å². The second kappa shape index (κ2) is 8.09. The number of anilines is 1. The average Bonchev–Trinajstić information content (AvgIpc) is 2.56. The van der Waals surface area contributed by atoms with Crippen LogP contribution >= 0.6 is 0 Å². The third-order valence-electron chi connectivity index (χ3n) is 3.15. The van der Waals surface area contributed by atoms with E-state index < -0.39 is 18.4 Å². The van der Waals surface area contributed by atoms with Crippen molar-refractivity contribution in [3.05, 3.63) is 53.6 Å². The Morgan fingerprint density at radius 1 is 1.08 bits per heavy atom. The first-order valence-corrected chi connectivity index (χ1v) is 7.33. The summed E-state index contributed by atoms with van der Waals surface area (Å²) in [4.78, 5) is 23.3. The Labute approximate surface area is 142 Å². The van der Waals surface area contributed by atoms with Crippen LogP contribution in [0.5, 0.6) is 11.5 Å². The number of carbonyl (C=O) groups is 2. The Morgan fingerprint density at radius 2 is 1.72 bits per heavy atom. The van der Waals surface area contributed by atoms with Crippen molar-refractivity contribution in [3.63, 3.8) is 0 Å². The van der Waals surface area contributed by atoms with Crippen molar-refractivity contribution in [2.45, 2.75) is 13.5 Å². The molecule has 0 aliphatic rings. The third kappa shape index (κ3) is 4.90. The van der Waals surface area contributed by atoms with Crippen molar-refractivity contribution in [1.82, 2.24) is 0 Å². The lowest BCUT2D eigenvalue weighted by molar-refractivity contribution is -0.0514. The number of hydrogen-bond donors (Lipinski definition) is 2. The molecule has 0 heterocycles. The molecule has 2 rings (SSSR count). The van der Waals surface area contributed by atoms with Crippen molar-refractivity contribution >= 4 is 17.5 Å². The molecule has 0 radical (unpaired) electrons. The average molecular weight is 350 g/mol. The van der Waals surface area contributed by atoms with E-state index >= 15 is 0 Å². The van der Waals surface area contributed by atoms with E-state index in [1.54, 1.807) is 6.92 Å². The molecule has 3 N–H and O–H groups in total. The van der Waals surface area contributed by atoms with E-state index in [1.807, 2.05) is 0 Å². The number of halogens is 2. The highest BCUT2D eigenvalue weighted by Gasteiger charge is 2.15. The van der Waals surface area contributed by atoms with Crippen LogP contribution in [0, 0.1) is 0 Å². The predicted molar refractivity (Wildman–Crippen MR) is 87.2 cm³/mol. The van der Waals surface area contributed by atoms with Gasteiger partial charge in [-0.05, 0) is 49.4 Å². The zero-order valence-electron chi connectivity index (χ0n) is 13.3. The molecule has 2 aromatic rings. The summed E-state index contributed by atoms with van der Waals surface area (Å²) < 4.78 is 34.4. The molecule has 0 bridgehead atoms. The minimum absolute atomic E-state index is 0.0412. The number of amides is 2. The number of ether oxygens (including phenoxy) is 2. The van der Waals surface area contributed by atoms with Crippen LogP contribution in [-0.4, -0.2) is 25.0 Å². The first-order valence-electron chi connectivity index (χ1n) is 7.33. The largest absolute Gasteiger partial charge is 0.490 e. The fourth-order valence-electron chi connectivity index (χ4n) is 2.03. The Balaban J connectivity index is 2.17. The van der Waals surface area contributed by atoms with Crippen molar-refractivity contribution in [1.29, 1.82) is 0 Å².